The van der Waals surface area contributed by atoms with Gasteiger partial charge in [0, 0.05) is 25.7 Å². The Labute approximate surface area is 133 Å². The lowest BCUT2D eigenvalue weighted by atomic mass is 9.96. The Morgan fingerprint density at radius 3 is 2.57 bits per heavy atom. The SMILES string of the molecule is COCCN(C(=S)NC1CCCCC1)[C@H]1CCS(=O)(=O)C1. The summed E-state index contributed by atoms with van der Waals surface area (Å²) in [6, 6.07) is 0.433. The Bertz CT molecular complexity index is 447. The van der Waals surface area contributed by atoms with E-state index in [1.807, 2.05) is 4.90 Å². The van der Waals surface area contributed by atoms with Crippen molar-refractivity contribution < 1.29 is 13.2 Å². The average molecular weight is 335 g/mol. The molecule has 1 aliphatic heterocycles. The van der Waals surface area contributed by atoms with Gasteiger partial charge in [-0.3, -0.25) is 0 Å². The molecule has 1 aliphatic carbocycles. The summed E-state index contributed by atoms with van der Waals surface area (Å²) < 4.78 is 28.6. The van der Waals surface area contributed by atoms with Gasteiger partial charge in [-0.15, -0.1) is 0 Å². The number of methoxy groups -OCH3 is 1. The number of hydrogen-bond acceptors (Lipinski definition) is 4. The minimum atomic E-state index is -2.90. The van der Waals surface area contributed by atoms with E-state index in [9.17, 15) is 8.42 Å². The van der Waals surface area contributed by atoms with E-state index in [1.54, 1.807) is 7.11 Å². The fourth-order valence-corrected chi connectivity index (χ4v) is 5.30. The monoisotopic (exact) mass is 334 g/mol. The van der Waals surface area contributed by atoms with Crippen LogP contribution in [0, 0.1) is 0 Å². The van der Waals surface area contributed by atoms with E-state index >= 15 is 0 Å². The molecule has 0 aromatic carbocycles. The van der Waals surface area contributed by atoms with Crippen LogP contribution in [0.4, 0.5) is 0 Å². The number of nitrogens with zero attached hydrogens (tertiary/aromatic N) is 1. The molecule has 0 spiro atoms. The first kappa shape index (κ1) is 17.0. The second-order valence-electron chi connectivity index (χ2n) is 6.03. The zero-order chi connectivity index (χ0) is 15.3. The predicted molar refractivity (Wildman–Crippen MR) is 88.2 cm³/mol. The third-order valence-corrected chi connectivity index (χ3v) is 6.48. The van der Waals surface area contributed by atoms with Gasteiger partial charge >= 0.3 is 0 Å². The third kappa shape index (κ3) is 5.07. The summed E-state index contributed by atoms with van der Waals surface area (Å²) in [6.45, 7) is 1.21. The molecule has 122 valence electrons. The summed E-state index contributed by atoms with van der Waals surface area (Å²) in [7, 11) is -1.25. The van der Waals surface area contributed by atoms with Gasteiger partial charge in [0.25, 0.3) is 0 Å². The van der Waals surface area contributed by atoms with Crippen molar-refractivity contribution in [2.45, 2.75) is 50.6 Å². The van der Waals surface area contributed by atoms with Crippen LogP contribution >= 0.6 is 12.2 Å². The summed E-state index contributed by atoms with van der Waals surface area (Å²) in [5, 5.41) is 4.13. The summed E-state index contributed by atoms with van der Waals surface area (Å²) in [5.74, 6) is 0.483. The minimum Gasteiger partial charge on any atom is -0.383 e. The van der Waals surface area contributed by atoms with Crippen LogP contribution in [0.25, 0.3) is 0 Å². The Kier molecular flexibility index (Phi) is 6.25. The van der Waals surface area contributed by atoms with Gasteiger partial charge in [0.2, 0.25) is 0 Å². The fourth-order valence-electron chi connectivity index (χ4n) is 3.17. The molecule has 2 fully saturated rings. The zero-order valence-corrected chi connectivity index (χ0v) is 14.3. The van der Waals surface area contributed by atoms with E-state index in [2.05, 4.69) is 5.32 Å². The molecular weight excluding hydrogens is 308 g/mol. The van der Waals surface area contributed by atoms with Crippen molar-refractivity contribution in [2.24, 2.45) is 0 Å². The van der Waals surface area contributed by atoms with Crippen molar-refractivity contribution in [1.29, 1.82) is 0 Å². The molecule has 1 N–H and O–H groups in total. The van der Waals surface area contributed by atoms with Gasteiger partial charge in [0.1, 0.15) is 0 Å². The first-order valence-corrected chi connectivity index (χ1v) is 10.0. The average Bonchev–Trinajstić information content (AvgIpc) is 2.80. The van der Waals surface area contributed by atoms with Crippen LogP contribution in [-0.2, 0) is 14.6 Å². The standard InChI is InChI=1S/C14H26N2O3S2/c1-19-9-8-16(13-7-10-21(17,18)11-13)14(20)15-12-5-3-2-4-6-12/h12-13H,2-11H2,1H3,(H,15,20)/t13-/m0/s1. The van der Waals surface area contributed by atoms with E-state index < -0.39 is 9.84 Å². The maximum atomic E-state index is 11.7. The van der Waals surface area contributed by atoms with Crippen molar-refractivity contribution in [2.75, 3.05) is 31.8 Å². The zero-order valence-electron chi connectivity index (χ0n) is 12.7. The molecule has 1 saturated carbocycles. The molecule has 1 atom stereocenters. The van der Waals surface area contributed by atoms with Crippen molar-refractivity contribution in [3.8, 4) is 0 Å². The van der Waals surface area contributed by atoms with Crippen LogP contribution in [0.2, 0.25) is 0 Å². The number of sulfone groups is 1. The molecule has 0 aromatic heterocycles. The fraction of sp³-hybridized carbons (Fsp3) is 0.929. The summed E-state index contributed by atoms with van der Waals surface area (Å²) in [5.41, 5.74) is 0. The lowest BCUT2D eigenvalue weighted by molar-refractivity contribution is 0.163. The van der Waals surface area contributed by atoms with Gasteiger partial charge in [-0.25, -0.2) is 8.42 Å². The normalized spacial score (nSPS) is 25.7. The van der Waals surface area contributed by atoms with Crippen LogP contribution in [0.1, 0.15) is 38.5 Å². The van der Waals surface area contributed by atoms with Crippen molar-refractivity contribution in [3.63, 3.8) is 0 Å². The van der Waals surface area contributed by atoms with Crippen LogP contribution in [0.5, 0.6) is 0 Å². The number of rotatable bonds is 5. The summed E-state index contributed by atoms with van der Waals surface area (Å²) in [4.78, 5) is 2.03. The van der Waals surface area contributed by atoms with Gasteiger partial charge in [-0.05, 0) is 31.5 Å². The van der Waals surface area contributed by atoms with Gasteiger partial charge in [0.15, 0.2) is 14.9 Å². The van der Waals surface area contributed by atoms with Gasteiger partial charge < -0.3 is 15.0 Å². The minimum absolute atomic E-state index is 0.00580. The molecule has 0 unspecified atom stereocenters. The van der Waals surface area contributed by atoms with Crippen molar-refractivity contribution >= 4 is 27.2 Å². The van der Waals surface area contributed by atoms with Crippen LogP contribution < -0.4 is 5.32 Å². The van der Waals surface area contributed by atoms with Gasteiger partial charge in [-0.1, -0.05) is 19.3 Å². The molecular formula is C14H26N2O3S2. The molecule has 5 nitrogen and oxygen atoms in total. The maximum Gasteiger partial charge on any atom is 0.169 e. The van der Waals surface area contributed by atoms with E-state index in [0.717, 1.165) is 12.8 Å². The van der Waals surface area contributed by atoms with Crippen LogP contribution in [-0.4, -0.2) is 62.3 Å². The Balaban J connectivity index is 1.95. The molecule has 1 saturated heterocycles. The quantitative estimate of drug-likeness (QED) is 0.766. The van der Waals surface area contributed by atoms with E-state index in [0.29, 0.717) is 30.7 Å². The topological polar surface area (TPSA) is 58.6 Å². The highest BCUT2D eigenvalue weighted by molar-refractivity contribution is 7.91. The lowest BCUT2D eigenvalue weighted by Crippen LogP contribution is -2.51. The molecule has 0 aromatic rings. The molecule has 0 amide bonds. The highest BCUT2D eigenvalue weighted by Gasteiger charge is 2.33. The first-order valence-electron chi connectivity index (χ1n) is 7.78. The molecule has 0 radical (unpaired) electrons. The lowest BCUT2D eigenvalue weighted by Gasteiger charge is -2.34. The molecule has 0 bridgehead atoms. The Morgan fingerprint density at radius 2 is 2.00 bits per heavy atom. The Morgan fingerprint density at radius 1 is 1.29 bits per heavy atom. The summed E-state index contributed by atoms with van der Waals surface area (Å²) >= 11 is 5.55. The highest BCUT2D eigenvalue weighted by Crippen LogP contribution is 2.20. The smallest absolute Gasteiger partial charge is 0.169 e. The third-order valence-electron chi connectivity index (χ3n) is 4.38. The molecule has 2 rings (SSSR count). The van der Waals surface area contributed by atoms with Crippen molar-refractivity contribution in [3.05, 3.63) is 0 Å². The van der Waals surface area contributed by atoms with Gasteiger partial charge in [0.05, 0.1) is 18.1 Å². The number of nitrogens with one attached hydrogen (secondary N) is 1. The van der Waals surface area contributed by atoms with Crippen LogP contribution in [0.15, 0.2) is 0 Å². The highest BCUT2D eigenvalue weighted by atomic mass is 32.2. The number of ether oxygens (including phenoxy) is 1. The van der Waals surface area contributed by atoms with Gasteiger partial charge in [-0.2, -0.15) is 0 Å². The molecule has 2 aliphatic rings. The second kappa shape index (κ2) is 7.74. The van der Waals surface area contributed by atoms with E-state index in [4.69, 9.17) is 17.0 Å². The van der Waals surface area contributed by atoms with Crippen LogP contribution in [0.3, 0.4) is 0 Å². The molecule has 21 heavy (non-hydrogen) atoms. The van der Waals surface area contributed by atoms with Crippen molar-refractivity contribution in [1.82, 2.24) is 10.2 Å². The first-order chi connectivity index (χ1) is 10.0. The second-order valence-corrected chi connectivity index (χ2v) is 8.64. The maximum absolute atomic E-state index is 11.7. The predicted octanol–water partition coefficient (Wildman–Crippen LogP) is 1.33. The largest absolute Gasteiger partial charge is 0.383 e. The van der Waals surface area contributed by atoms with E-state index in [-0.39, 0.29) is 17.5 Å². The Hall–Kier alpha value is -0.400. The number of hydrogen-bond donors (Lipinski definition) is 1. The summed E-state index contributed by atoms with van der Waals surface area (Å²) in [6.07, 6.45) is 6.77. The van der Waals surface area contributed by atoms with E-state index in [1.165, 1.54) is 19.3 Å². The number of thiocarbonyl (C=S) groups is 1. The molecule has 1 heterocycles. The molecule has 7 heteroatoms.